The topological polar surface area (TPSA) is 3.24 Å². The molecule has 0 aromatic heterocycles. The van der Waals surface area contributed by atoms with Gasteiger partial charge in [-0.05, 0) is 155 Å². The first-order valence-electron chi connectivity index (χ1n) is 21.1. The van der Waals surface area contributed by atoms with Crippen molar-refractivity contribution in [1.82, 2.24) is 0 Å². The van der Waals surface area contributed by atoms with Gasteiger partial charge in [0.25, 0.3) is 0 Å². The van der Waals surface area contributed by atoms with E-state index in [0.717, 1.165) is 28.7 Å². The van der Waals surface area contributed by atoms with Crippen molar-refractivity contribution < 1.29 is 4.39 Å². The maximum Gasteiger partial charge on any atom is 0.123 e. The largest absolute Gasteiger partial charge is 0.310 e. The third kappa shape index (κ3) is 4.82. The van der Waals surface area contributed by atoms with Gasteiger partial charge in [0.1, 0.15) is 5.82 Å². The first-order valence-corrected chi connectivity index (χ1v) is 21.1. The van der Waals surface area contributed by atoms with Gasteiger partial charge in [0.2, 0.25) is 0 Å². The van der Waals surface area contributed by atoms with Gasteiger partial charge < -0.3 is 4.90 Å². The molecule has 3 saturated carbocycles. The molecule has 55 heavy (non-hydrogen) atoms. The van der Waals surface area contributed by atoms with Crippen LogP contribution in [0.4, 0.5) is 21.5 Å². The van der Waals surface area contributed by atoms with E-state index in [-0.39, 0.29) is 16.6 Å². The fraction of sp³-hybridized carbons (Fsp3) is 0.321. The lowest BCUT2D eigenvalue weighted by Crippen LogP contribution is -2.49. The zero-order valence-corrected chi connectivity index (χ0v) is 32.2. The van der Waals surface area contributed by atoms with Crippen molar-refractivity contribution in [2.24, 2.45) is 23.7 Å². The van der Waals surface area contributed by atoms with Crippen molar-refractivity contribution in [2.75, 3.05) is 4.90 Å². The predicted octanol–water partition coefficient (Wildman–Crippen LogP) is 14.6. The average Bonchev–Trinajstić information content (AvgIpc) is 3.66. The molecule has 11 rings (SSSR count). The Kier molecular flexibility index (Phi) is 7.61. The van der Waals surface area contributed by atoms with E-state index in [2.05, 4.69) is 128 Å². The lowest BCUT2D eigenvalue weighted by molar-refractivity contribution is 0.0426. The molecule has 5 atom stereocenters. The van der Waals surface area contributed by atoms with Gasteiger partial charge in [0, 0.05) is 27.8 Å². The van der Waals surface area contributed by atoms with Crippen LogP contribution in [-0.4, -0.2) is 0 Å². The van der Waals surface area contributed by atoms with Crippen molar-refractivity contribution in [3.05, 3.63) is 162 Å². The molecule has 274 valence electrons. The molecule has 5 aliphatic rings. The number of hydrogen-bond acceptors (Lipinski definition) is 1. The molecular formula is C53H50FN. The fourth-order valence-electron chi connectivity index (χ4n) is 13.1. The van der Waals surface area contributed by atoms with Gasteiger partial charge in [-0.3, -0.25) is 0 Å². The molecular weight excluding hydrogens is 670 g/mol. The van der Waals surface area contributed by atoms with Crippen molar-refractivity contribution in [1.29, 1.82) is 0 Å². The number of rotatable bonds is 4. The first kappa shape index (κ1) is 33.4. The van der Waals surface area contributed by atoms with Crippen LogP contribution in [-0.2, 0) is 10.8 Å². The highest BCUT2D eigenvalue weighted by Gasteiger charge is 2.57. The smallest absolute Gasteiger partial charge is 0.123 e. The van der Waals surface area contributed by atoms with E-state index in [1.165, 1.54) is 114 Å². The van der Waals surface area contributed by atoms with Crippen molar-refractivity contribution in [3.63, 3.8) is 0 Å². The third-order valence-corrected chi connectivity index (χ3v) is 15.0. The molecule has 2 heteroatoms. The van der Waals surface area contributed by atoms with Crippen LogP contribution < -0.4 is 4.90 Å². The molecule has 2 bridgehead atoms. The molecule has 1 unspecified atom stereocenters. The molecule has 0 N–H and O–H groups in total. The zero-order chi connectivity index (χ0) is 36.9. The second-order valence-corrected chi connectivity index (χ2v) is 17.9. The van der Waals surface area contributed by atoms with E-state index < -0.39 is 0 Å². The Morgan fingerprint density at radius 1 is 0.545 bits per heavy atom. The average molecular weight is 720 g/mol. The SMILES string of the molecule is C[C@@H]1CC2C[C@@H](C1)[C@@]1(c3ccccc3-c3c(N(c4ccc(-c5cccc(F)c5)cc4)c4ccc5c(c4)C4(CCCCC4)c4ccccc4-5)cccc31)[C@@H](C)C2. The number of nitrogens with zero attached hydrogens (tertiary/aromatic N) is 1. The summed E-state index contributed by atoms with van der Waals surface area (Å²) < 4.78 is 14.4. The normalized spacial score (nSPS) is 25.3. The summed E-state index contributed by atoms with van der Waals surface area (Å²) in [4.78, 5) is 2.56. The second kappa shape index (κ2) is 12.5. The van der Waals surface area contributed by atoms with Gasteiger partial charge in [0.05, 0.1) is 5.69 Å². The quantitative estimate of drug-likeness (QED) is 0.175. The summed E-state index contributed by atoms with van der Waals surface area (Å²) in [7, 11) is 0. The van der Waals surface area contributed by atoms with Crippen LogP contribution in [0, 0.1) is 29.5 Å². The Morgan fingerprint density at radius 3 is 2.07 bits per heavy atom. The number of hydrogen-bond donors (Lipinski definition) is 0. The van der Waals surface area contributed by atoms with Gasteiger partial charge in [-0.1, -0.05) is 124 Å². The molecule has 6 aromatic carbocycles. The summed E-state index contributed by atoms with van der Waals surface area (Å²) in [6.07, 6.45) is 11.6. The van der Waals surface area contributed by atoms with Crippen molar-refractivity contribution in [2.45, 2.75) is 82.5 Å². The lowest BCUT2D eigenvalue weighted by atomic mass is 9.49. The second-order valence-electron chi connectivity index (χ2n) is 17.9. The first-order chi connectivity index (χ1) is 27.0. The fourth-order valence-corrected chi connectivity index (χ4v) is 13.1. The Balaban J connectivity index is 1.14. The molecule has 1 nitrogen and oxygen atoms in total. The molecule has 0 saturated heterocycles. The Morgan fingerprint density at radius 2 is 1.25 bits per heavy atom. The van der Waals surface area contributed by atoms with Crippen LogP contribution in [0.5, 0.6) is 0 Å². The van der Waals surface area contributed by atoms with Gasteiger partial charge in [0.15, 0.2) is 0 Å². The molecule has 6 aromatic rings. The van der Waals surface area contributed by atoms with Crippen molar-refractivity contribution in [3.8, 4) is 33.4 Å². The molecule has 0 heterocycles. The Labute approximate surface area is 326 Å². The maximum absolute atomic E-state index is 14.4. The standard InChI is InChI=1S/C53H50FN/c1-34-28-36-30-35(2)53(39(29-34)31-36)47-17-7-5-15-45(47)51-48(53)18-11-19-50(51)55(41-22-20-37(21-23-41)38-12-10-13-40(54)32-38)42-24-25-44-43-14-4-6-16-46(43)52(49(44)33-42)26-8-3-9-27-52/h4-7,10-25,32-36,39H,3,8-9,26-31H2,1-2H3/t34-,35+,36?,39-,53-/m1/s1. The Hall–Kier alpha value is -4.95. The van der Waals surface area contributed by atoms with Crippen molar-refractivity contribution >= 4 is 17.1 Å². The van der Waals surface area contributed by atoms with E-state index in [9.17, 15) is 4.39 Å². The van der Waals surface area contributed by atoms with E-state index in [1.807, 2.05) is 6.07 Å². The minimum Gasteiger partial charge on any atom is -0.310 e. The van der Waals surface area contributed by atoms with Gasteiger partial charge >= 0.3 is 0 Å². The van der Waals surface area contributed by atoms with Gasteiger partial charge in [-0.25, -0.2) is 4.39 Å². The number of fused-ring (bicyclic) bond motifs is 13. The summed E-state index contributed by atoms with van der Waals surface area (Å²) in [5, 5.41) is 0. The van der Waals surface area contributed by atoms with E-state index in [1.54, 1.807) is 17.7 Å². The highest BCUT2D eigenvalue weighted by atomic mass is 19.1. The molecule has 0 radical (unpaired) electrons. The minimum atomic E-state index is -0.206. The molecule has 0 amide bonds. The third-order valence-electron chi connectivity index (χ3n) is 15.0. The molecule has 5 aliphatic carbocycles. The zero-order valence-electron chi connectivity index (χ0n) is 32.2. The maximum atomic E-state index is 14.4. The lowest BCUT2D eigenvalue weighted by Gasteiger charge is -2.54. The molecule has 3 fully saturated rings. The number of anilines is 3. The predicted molar refractivity (Wildman–Crippen MR) is 226 cm³/mol. The minimum absolute atomic E-state index is 0.0196. The summed E-state index contributed by atoms with van der Waals surface area (Å²) >= 11 is 0. The summed E-state index contributed by atoms with van der Waals surface area (Å²) in [5.74, 6) is 2.62. The van der Waals surface area contributed by atoms with Crippen LogP contribution >= 0.6 is 0 Å². The monoisotopic (exact) mass is 719 g/mol. The Bertz CT molecular complexity index is 2450. The molecule has 2 spiro atoms. The summed E-state index contributed by atoms with van der Waals surface area (Å²) in [5.41, 5.74) is 17.4. The van der Waals surface area contributed by atoms with Gasteiger partial charge in [-0.2, -0.15) is 0 Å². The summed E-state index contributed by atoms with van der Waals surface area (Å²) in [6.45, 7) is 5.07. The highest BCUT2D eigenvalue weighted by molar-refractivity contribution is 5.96. The van der Waals surface area contributed by atoms with Crippen LogP contribution in [0.3, 0.4) is 0 Å². The van der Waals surface area contributed by atoms with E-state index in [0.29, 0.717) is 11.8 Å². The van der Waals surface area contributed by atoms with Gasteiger partial charge in [-0.15, -0.1) is 0 Å². The summed E-state index contributed by atoms with van der Waals surface area (Å²) in [6, 6.07) is 49.1. The van der Waals surface area contributed by atoms with E-state index in [4.69, 9.17) is 0 Å². The van der Waals surface area contributed by atoms with Crippen LogP contribution in [0.15, 0.2) is 133 Å². The van der Waals surface area contributed by atoms with Crippen LogP contribution in [0.2, 0.25) is 0 Å². The van der Waals surface area contributed by atoms with E-state index >= 15 is 0 Å². The van der Waals surface area contributed by atoms with Crippen LogP contribution in [0.1, 0.15) is 93.9 Å². The van der Waals surface area contributed by atoms with Crippen LogP contribution in [0.25, 0.3) is 33.4 Å². The number of benzene rings is 6. The highest BCUT2D eigenvalue weighted by Crippen LogP contribution is 2.66. The molecule has 0 aliphatic heterocycles. The number of halogens is 1.